The van der Waals surface area contributed by atoms with Gasteiger partial charge >= 0.3 is 0 Å². The first kappa shape index (κ1) is 28.3. The van der Waals surface area contributed by atoms with Crippen molar-refractivity contribution in [3.8, 4) is 23.0 Å². The molecule has 2 heterocycles. The molecule has 2 aromatic carbocycles. The van der Waals surface area contributed by atoms with Gasteiger partial charge in [-0.15, -0.1) is 0 Å². The predicted molar refractivity (Wildman–Crippen MR) is 153 cm³/mol. The van der Waals surface area contributed by atoms with Crippen LogP contribution in [0.15, 0.2) is 58.6 Å². The zero-order valence-electron chi connectivity index (χ0n) is 22.7. The van der Waals surface area contributed by atoms with E-state index in [1.54, 1.807) is 27.4 Å². The number of benzene rings is 2. The van der Waals surface area contributed by atoms with Crippen LogP contribution in [-0.2, 0) is 11.4 Å². The van der Waals surface area contributed by atoms with Gasteiger partial charge in [-0.2, -0.15) is 0 Å². The van der Waals surface area contributed by atoms with Gasteiger partial charge in [0.15, 0.2) is 11.5 Å². The summed E-state index contributed by atoms with van der Waals surface area (Å²) < 4.78 is 22.9. The fourth-order valence-electron chi connectivity index (χ4n) is 4.24. The first-order chi connectivity index (χ1) is 18.9. The Hall–Kier alpha value is -3.67. The quantitative estimate of drug-likeness (QED) is 0.366. The van der Waals surface area contributed by atoms with Gasteiger partial charge in [-0.1, -0.05) is 23.9 Å². The Bertz CT molecular complexity index is 1280. The molecule has 1 aliphatic heterocycles. The van der Waals surface area contributed by atoms with Crippen molar-refractivity contribution in [2.75, 3.05) is 71.3 Å². The maximum Gasteiger partial charge on any atom is 0.238 e. The molecule has 11 heteroatoms. The second-order valence-corrected chi connectivity index (χ2v) is 10.1. The van der Waals surface area contributed by atoms with Crippen molar-refractivity contribution in [1.82, 2.24) is 9.88 Å². The van der Waals surface area contributed by atoms with Gasteiger partial charge in [-0.25, -0.2) is 4.98 Å². The van der Waals surface area contributed by atoms with Crippen LogP contribution < -0.4 is 34.9 Å². The molecule has 0 saturated carbocycles. The van der Waals surface area contributed by atoms with E-state index < -0.39 is 0 Å². The Morgan fingerprint density at radius 2 is 1.82 bits per heavy atom. The van der Waals surface area contributed by atoms with Gasteiger partial charge in [0.05, 0.1) is 39.8 Å². The third kappa shape index (κ3) is 7.25. The number of likely N-dealkylation sites (N-methyl/N-ethyl adjacent to an activating group) is 1. The summed E-state index contributed by atoms with van der Waals surface area (Å²) in [5.74, 6) is 2.36. The third-order valence-electron chi connectivity index (χ3n) is 6.34. The lowest BCUT2D eigenvalue weighted by molar-refractivity contribution is -0.114. The molecule has 1 aromatic heterocycles. The Balaban J connectivity index is 1.63. The largest absolute Gasteiger partial charge is 0.497 e. The van der Waals surface area contributed by atoms with Crippen LogP contribution >= 0.6 is 11.8 Å². The van der Waals surface area contributed by atoms with Crippen LogP contribution in [-0.4, -0.2) is 76.9 Å². The van der Waals surface area contributed by atoms with Crippen molar-refractivity contribution < 1.29 is 23.7 Å². The van der Waals surface area contributed by atoms with Gasteiger partial charge in [0, 0.05) is 54.5 Å². The van der Waals surface area contributed by atoms with Crippen LogP contribution in [0.25, 0.3) is 0 Å². The Morgan fingerprint density at radius 1 is 1.03 bits per heavy atom. The molecule has 1 amide bonds. The summed E-state index contributed by atoms with van der Waals surface area (Å²) in [5, 5.41) is 3.52. The molecule has 0 unspecified atom stereocenters. The zero-order chi connectivity index (χ0) is 27.8. The number of para-hydroxylation sites is 1. The van der Waals surface area contributed by atoms with E-state index >= 15 is 0 Å². The van der Waals surface area contributed by atoms with Crippen molar-refractivity contribution in [3.05, 3.63) is 54.2 Å². The lowest BCUT2D eigenvalue weighted by Gasteiger charge is -2.34. The van der Waals surface area contributed by atoms with E-state index in [1.165, 1.54) is 11.8 Å². The van der Waals surface area contributed by atoms with E-state index in [4.69, 9.17) is 29.7 Å². The van der Waals surface area contributed by atoms with E-state index in [1.807, 2.05) is 42.6 Å². The second-order valence-electron chi connectivity index (χ2n) is 8.97. The van der Waals surface area contributed by atoms with E-state index in [0.717, 1.165) is 53.1 Å². The molecule has 1 fully saturated rings. The highest BCUT2D eigenvalue weighted by molar-refractivity contribution is 7.99. The SMILES string of the molecule is COc1cc(NC(=O)CN)cc(Sc2cc(OCc3cccc(OC)c3OC)c(N3CCN(C)CC3)cn2)c1. The summed E-state index contributed by atoms with van der Waals surface area (Å²) in [4.78, 5) is 22.0. The minimum Gasteiger partial charge on any atom is -0.497 e. The average molecular weight is 554 g/mol. The fourth-order valence-corrected chi connectivity index (χ4v) is 5.12. The predicted octanol–water partition coefficient (Wildman–Crippen LogP) is 3.49. The number of hydrogen-bond acceptors (Lipinski definition) is 10. The molecule has 0 spiro atoms. The molecule has 1 saturated heterocycles. The van der Waals surface area contributed by atoms with Gasteiger partial charge in [0.25, 0.3) is 0 Å². The number of rotatable bonds is 11. The van der Waals surface area contributed by atoms with Crippen molar-refractivity contribution in [1.29, 1.82) is 0 Å². The summed E-state index contributed by atoms with van der Waals surface area (Å²) >= 11 is 1.45. The number of nitrogens with zero attached hydrogens (tertiary/aromatic N) is 3. The molecule has 4 rings (SSSR count). The number of carbonyl (C=O) groups is 1. The Morgan fingerprint density at radius 3 is 2.51 bits per heavy atom. The normalized spacial score (nSPS) is 13.6. The number of aromatic nitrogens is 1. The minimum atomic E-state index is -0.280. The van der Waals surface area contributed by atoms with Crippen molar-refractivity contribution in [2.45, 2.75) is 16.5 Å². The number of amides is 1. The lowest BCUT2D eigenvalue weighted by Crippen LogP contribution is -2.44. The first-order valence-electron chi connectivity index (χ1n) is 12.6. The molecule has 3 aromatic rings. The summed E-state index contributed by atoms with van der Waals surface area (Å²) in [6.07, 6.45) is 1.86. The fraction of sp³-hybridized carbons (Fsp3) is 0.357. The molecule has 1 aliphatic rings. The maximum atomic E-state index is 11.8. The van der Waals surface area contributed by atoms with Crippen LogP contribution in [0.4, 0.5) is 11.4 Å². The molecule has 0 bridgehead atoms. The molecular formula is C28H35N5O5S. The Labute approximate surface area is 233 Å². The molecule has 10 nitrogen and oxygen atoms in total. The first-order valence-corrected chi connectivity index (χ1v) is 13.4. The minimum absolute atomic E-state index is 0.103. The molecule has 0 atom stereocenters. The highest BCUT2D eigenvalue weighted by Gasteiger charge is 2.20. The van der Waals surface area contributed by atoms with E-state index in [9.17, 15) is 4.79 Å². The number of nitrogens with one attached hydrogen (secondary N) is 1. The number of nitrogens with two attached hydrogens (primary N) is 1. The zero-order valence-corrected chi connectivity index (χ0v) is 23.5. The van der Waals surface area contributed by atoms with Crippen LogP contribution in [0.3, 0.4) is 0 Å². The molecule has 208 valence electrons. The van der Waals surface area contributed by atoms with Crippen LogP contribution in [0, 0.1) is 0 Å². The lowest BCUT2D eigenvalue weighted by atomic mass is 10.2. The summed E-state index contributed by atoms with van der Waals surface area (Å²) in [6.45, 7) is 3.87. The maximum absolute atomic E-state index is 11.8. The smallest absolute Gasteiger partial charge is 0.238 e. The highest BCUT2D eigenvalue weighted by atomic mass is 32.2. The molecule has 0 aliphatic carbocycles. The van der Waals surface area contributed by atoms with E-state index in [-0.39, 0.29) is 12.5 Å². The van der Waals surface area contributed by atoms with Gasteiger partial charge in [0.2, 0.25) is 5.91 Å². The number of ether oxygens (including phenoxy) is 4. The van der Waals surface area contributed by atoms with Crippen LogP contribution in [0.1, 0.15) is 5.56 Å². The summed E-state index contributed by atoms with van der Waals surface area (Å²) in [6, 6.07) is 13.2. The van der Waals surface area contributed by atoms with Gasteiger partial charge in [0.1, 0.15) is 23.1 Å². The number of methoxy groups -OCH3 is 3. The van der Waals surface area contributed by atoms with Crippen LogP contribution in [0.5, 0.6) is 23.0 Å². The van der Waals surface area contributed by atoms with Crippen molar-refractivity contribution >= 4 is 29.0 Å². The number of pyridine rings is 1. The topological polar surface area (TPSA) is 111 Å². The summed E-state index contributed by atoms with van der Waals surface area (Å²) in [5.41, 5.74) is 7.88. The molecule has 39 heavy (non-hydrogen) atoms. The van der Waals surface area contributed by atoms with Crippen molar-refractivity contribution in [3.63, 3.8) is 0 Å². The van der Waals surface area contributed by atoms with E-state index in [0.29, 0.717) is 29.5 Å². The van der Waals surface area contributed by atoms with Crippen molar-refractivity contribution in [2.24, 2.45) is 5.73 Å². The second kappa shape index (κ2) is 13.4. The third-order valence-corrected chi connectivity index (χ3v) is 7.24. The monoisotopic (exact) mass is 553 g/mol. The number of carbonyl (C=O) groups excluding carboxylic acids is 1. The molecule has 3 N–H and O–H groups in total. The van der Waals surface area contributed by atoms with E-state index in [2.05, 4.69) is 22.2 Å². The number of anilines is 2. The molecule has 0 radical (unpaired) electrons. The number of hydrogen-bond donors (Lipinski definition) is 2. The standard InChI is InChI=1S/C28H35N5O5S/c1-32-8-10-33(11-9-32)23-17-30-27(39-22-13-20(31-26(34)16-29)12-21(14-22)35-2)15-25(23)38-18-19-6-5-7-24(36-3)28(19)37-4/h5-7,12-15,17H,8-11,16,18,29H2,1-4H3,(H,31,34). The molecular weight excluding hydrogens is 518 g/mol. The van der Waals surface area contributed by atoms with Crippen LogP contribution in [0.2, 0.25) is 0 Å². The Kier molecular flexibility index (Phi) is 9.74. The average Bonchev–Trinajstić information content (AvgIpc) is 2.96. The summed E-state index contributed by atoms with van der Waals surface area (Å²) in [7, 11) is 6.95. The number of piperazine rings is 1. The van der Waals surface area contributed by atoms with Gasteiger partial charge in [-0.3, -0.25) is 4.79 Å². The van der Waals surface area contributed by atoms with Gasteiger partial charge < -0.3 is 39.8 Å². The van der Waals surface area contributed by atoms with Gasteiger partial charge in [-0.05, 0) is 25.2 Å². The highest BCUT2D eigenvalue weighted by Crippen LogP contribution is 2.38.